The molecule has 0 fully saturated rings. The monoisotopic (exact) mass is 327 g/mol. The summed E-state index contributed by atoms with van der Waals surface area (Å²) < 4.78 is 5.82. The van der Waals surface area contributed by atoms with E-state index in [1.807, 2.05) is 31.2 Å². The molecule has 0 aliphatic carbocycles. The van der Waals surface area contributed by atoms with Gasteiger partial charge in [-0.25, -0.2) is 0 Å². The highest BCUT2D eigenvalue weighted by atomic mass is 32.1. The van der Waals surface area contributed by atoms with Gasteiger partial charge in [-0.1, -0.05) is 42.0 Å². The van der Waals surface area contributed by atoms with Crippen molar-refractivity contribution in [3.63, 3.8) is 0 Å². The molecule has 0 saturated heterocycles. The molecule has 23 heavy (non-hydrogen) atoms. The van der Waals surface area contributed by atoms with Crippen LogP contribution in [0.15, 0.2) is 53.6 Å². The average Bonchev–Trinajstić information content (AvgIpc) is 2.55. The van der Waals surface area contributed by atoms with E-state index >= 15 is 0 Å². The van der Waals surface area contributed by atoms with Crippen LogP contribution in [0.5, 0.6) is 5.75 Å². The number of rotatable bonds is 6. The zero-order valence-electron chi connectivity index (χ0n) is 13.4. The largest absolute Gasteiger partial charge is 0.489 e. The highest BCUT2D eigenvalue weighted by molar-refractivity contribution is 7.80. The quantitative estimate of drug-likeness (QED) is 0.485. The minimum atomic E-state index is 0.510. The van der Waals surface area contributed by atoms with Crippen LogP contribution in [0.25, 0.3) is 0 Å². The van der Waals surface area contributed by atoms with Crippen molar-refractivity contribution in [2.45, 2.75) is 20.5 Å². The fourth-order valence-corrected chi connectivity index (χ4v) is 2.10. The number of ether oxygens (including phenoxy) is 1. The number of aryl methyl sites for hydroxylation is 1. The maximum atomic E-state index is 5.82. The lowest BCUT2D eigenvalue weighted by Crippen LogP contribution is -2.31. The summed E-state index contributed by atoms with van der Waals surface area (Å²) >= 11 is 5.04. The third-order valence-corrected chi connectivity index (χ3v) is 3.34. The van der Waals surface area contributed by atoms with Crippen molar-refractivity contribution < 1.29 is 4.74 Å². The Morgan fingerprint density at radius 1 is 1.22 bits per heavy atom. The summed E-state index contributed by atoms with van der Waals surface area (Å²) in [5.74, 6) is 0.809. The van der Waals surface area contributed by atoms with Gasteiger partial charge in [0, 0.05) is 6.54 Å². The minimum Gasteiger partial charge on any atom is -0.489 e. The van der Waals surface area contributed by atoms with Gasteiger partial charge in [0.2, 0.25) is 0 Å². The first-order chi connectivity index (χ1) is 11.2. The fourth-order valence-electron chi connectivity index (χ4n) is 1.90. The second-order valence-electron chi connectivity index (χ2n) is 5.08. The van der Waals surface area contributed by atoms with E-state index in [0.717, 1.165) is 23.4 Å². The molecule has 5 heteroatoms. The van der Waals surface area contributed by atoms with Crippen molar-refractivity contribution in [3.8, 4) is 5.75 Å². The first-order valence-electron chi connectivity index (χ1n) is 7.52. The summed E-state index contributed by atoms with van der Waals surface area (Å²) in [7, 11) is 0. The van der Waals surface area contributed by atoms with E-state index in [0.29, 0.717) is 11.7 Å². The molecule has 2 N–H and O–H groups in total. The fraction of sp³-hybridized carbons (Fsp3) is 0.222. The van der Waals surface area contributed by atoms with Crippen LogP contribution in [-0.2, 0) is 6.61 Å². The lowest BCUT2D eigenvalue weighted by atomic mass is 10.2. The van der Waals surface area contributed by atoms with Crippen LogP contribution in [0, 0.1) is 6.92 Å². The van der Waals surface area contributed by atoms with Crippen LogP contribution in [0.2, 0.25) is 0 Å². The molecular weight excluding hydrogens is 306 g/mol. The maximum Gasteiger partial charge on any atom is 0.186 e. The van der Waals surface area contributed by atoms with Crippen molar-refractivity contribution in [2.24, 2.45) is 5.10 Å². The van der Waals surface area contributed by atoms with Crippen LogP contribution >= 0.6 is 12.2 Å². The van der Waals surface area contributed by atoms with Gasteiger partial charge in [0.05, 0.1) is 6.21 Å². The van der Waals surface area contributed by atoms with Crippen LogP contribution < -0.4 is 15.5 Å². The predicted molar refractivity (Wildman–Crippen MR) is 99.0 cm³/mol. The molecule has 2 rings (SSSR count). The van der Waals surface area contributed by atoms with Crippen LogP contribution in [-0.4, -0.2) is 17.9 Å². The molecule has 0 atom stereocenters. The average molecular weight is 327 g/mol. The van der Waals surface area contributed by atoms with Crippen LogP contribution in [0.3, 0.4) is 0 Å². The Hall–Kier alpha value is -2.40. The van der Waals surface area contributed by atoms with Gasteiger partial charge in [-0.05, 0) is 49.3 Å². The molecule has 0 spiro atoms. The third kappa shape index (κ3) is 6.08. The summed E-state index contributed by atoms with van der Waals surface area (Å²) in [6.45, 7) is 5.36. The molecule has 120 valence electrons. The first-order valence-corrected chi connectivity index (χ1v) is 7.93. The normalized spacial score (nSPS) is 10.5. The Morgan fingerprint density at radius 3 is 2.74 bits per heavy atom. The van der Waals surface area contributed by atoms with Gasteiger partial charge >= 0.3 is 0 Å². The van der Waals surface area contributed by atoms with Crippen LogP contribution in [0.4, 0.5) is 0 Å². The van der Waals surface area contributed by atoms with E-state index < -0.39 is 0 Å². The summed E-state index contributed by atoms with van der Waals surface area (Å²) in [6.07, 6.45) is 1.71. The van der Waals surface area contributed by atoms with Crippen molar-refractivity contribution in [2.75, 3.05) is 6.54 Å². The minimum absolute atomic E-state index is 0.510. The molecule has 0 amide bonds. The van der Waals surface area contributed by atoms with E-state index in [-0.39, 0.29) is 0 Å². The number of hydrazone groups is 1. The maximum absolute atomic E-state index is 5.82. The van der Waals surface area contributed by atoms with Crippen LogP contribution in [0.1, 0.15) is 23.6 Å². The van der Waals surface area contributed by atoms with Gasteiger partial charge in [0.1, 0.15) is 12.4 Å². The predicted octanol–water partition coefficient (Wildman–Crippen LogP) is 3.39. The van der Waals surface area contributed by atoms with Gasteiger partial charge in [-0.2, -0.15) is 5.10 Å². The smallest absolute Gasteiger partial charge is 0.186 e. The van der Waals surface area contributed by atoms with Crippen molar-refractivity contribution in [1.82, 2.24) is 10.7 Å². The molecule has 0 aromatic heterocycles. The van der Waals surface area contributed by atoms with Crippen molar-refractivity contribution in [1.29, 1.82) is 0 Å². The lowest BCUT2D eigenvalue weighted by molar-refractivity contribution is 0.306. The van der Waals surface area contributed by atoms with Gasteiger partial charge in [-0.3, -0.25) is 5.43 Å². The number of nitrogens with one attached hydrogen (secondary N) is 2. The molecule has 2 aromatic carbocycles. The van der Waals surface area contributed by atoms with Gasteiger partial charge in [-0.15, -0.1) is 0 Å². The Balaban J connectivity index is 1.90. The van der Waals surface area contributed by atoms with E-state index in [9.17, 15) is 0 Å². The Kier molecular flexibility index (Phi) is 6.56. The summed E-state index contributed by atoms with van der Waals surface area (Å²) in [5, 5.41) is 7.57. The van der Waals surface area contributed by atoms with Crippen molar-refractivity contribution >= 4 is 23.5 Å². The lowest BCUT2D eigenvalue weighted by Gasteiger charge is -2.07. The van der Waals surface area contributed by atoms with E-state index in [4.69, 9.17) is 17.0 Å². The molecule has 0 aliphatic rings. The Bertz CT molecular complexity index is 668. The zero-order valence-corrected chi connectivity index (χ0v) is 14.2. The third-order valence-electron chi connectivity index (χ3n) is 3.10. The number of hydrogen-bond acceptors (Lipinski definition) is 3. The SMILES string of the molecule is CCNC(=S)N/N=C\c1cccc(OCc2ccc(C)cc2)c1. The molecule has 4 nitrogen and oxygen atoms in total. The zero-order chi connectivity index (χ0) is 16.5. The van der Waals surface area contributed by atoms with Gasteiger partial charge in [0.15, 0.2) is 5.11 Å². The number of hydrogen-bond donors (Lipinski definition) is 2. The summed E-state index contributed by atoms with van der Waals surface area (Å²) in [6, 6.07) is 16.1. The molecule has 0 unspecified atom stereocenters. The second kappa shape index (κ2) is 8.90. The molecule has 0 aliphatic heterocycles. The molecule has 0 bridgehead atoms. The number of nitrogens with zero attached hydrogens (tertiary/aromatic N) is 1. The topological polar surface area (TPSA) is 45.7 Å². The second-order valence-corrected chi connectivity index (χ2v) is 5.48. The summed E-state index contributed by atoms with van der Waals surface area (Å²) in [5.41, 5.74) is 6.10. The van der Waals surface area contributed by atoms with Gasteiger partial charge in [0.25, 0.3) is 0 Å². The molecular formula is C18H21N3OS. The van der Waals surface area contributed by atoms with E-state index in [2.05, 4.69) is 47.0 Å². The van der Waals surface area contributed by atoms with Crippen molar-refractivity contribution in [3.05, 3.63) is 65.2 Å². The summed E-state index contributed by atoms with van der Waals surface area (Å²) in [4.78, 5) is 0. The number of thiocarbonyl (C=S) groups is 1. The highest BCUT2D eigenvalue weighted by Gasteiger charge is 1.97. The highest BCUT2D eigenvalue weighted by Crippen LogP contribution is 2.14. The number of benzene rings is 2. The molecule has 0 heterocycles. The molecule has 0 radical (unpaired) electrons. The first kappa shape index (κ1) is 17.0. The molecule has 2 aromatic rings. The van der Waals surface area contributed by atoms with Gasteiger partial charge < -0.3 is 10.1 Å². The Morgan fingerprint density at radius 2 is 2.00 bits per heavy atom. The van der Waals surface area contributed by atoms with E-state index in [1.165, 1.54) is 5.56 Å². The molecule has 0 saturated carbocycles. The Labute approximate surface area is 142 Å². The van der Waals surface area contributed by atoms with E-state index in [1.54, 1.807) is 6.21 Å². The standard InChI is InChI=1S/C18H21N3OS/c1-3-19-18(23)21-20-12-16-5-4-6-17(11-16)22-13-15-9-7-14(2)8-10-15/h4-12H,3,13H2,1-2H3,(H2,19,21,23)/b20-12-.